The van der Waals surface area contributed by atoms with Crippen LogP contribution in [0.5, 0.6) is 0 Å². The Bertz CT molecular complexity index is 389. The highest BCUT2D eigenvalue weighted by atomic mass is 19.1. The van der Waals surface area contributed by atoms with Crippen LogP contribution in [0.1, 0.15) is 38.7 Å². The highest BCUT2D eigenvalue weighted by Crippen LogP contribution is 2.31. The van der Waals surface area contributed by atoms with Gasteiger partial charge in [-0.05, 0) is 48.9 Å². The van der Waals surface area contributed by atoms with Crippen molar-refractivity contribution in [3.63, 3.8) is 0 Å². The van der Waals surface area contributed by atoms with Gasteiger partial charge >= 0.3 is 0 Å². The van der Waals surface area contributed by atoms with Crippen LogP contribution in [0, 0.1) is 24.6 Å². The van der Waals surface area contributed by atoms with Crippen molar-refractivity contribution in [3.05, 3.63) is 29.6 Å². The Labute approximate surface area is 103 Å². The van der Waals surface area contributed by atoms with Gasteiger partial charge in [0.2, 0.25) is 0 Å². The van der Waals surface area contributed by atoms with E-state index < -0.39 is 0 Å². The molecule has 1 aliphatic rings. The molecule has 3 atom stereocenters. The Morgan fingerprint density at radius 3 is 2.71 bits per heavy atom. The first kappa shape index (κ1) is 12.4. The fourth-order valence-corrected chi connectivity index (χ4v) is 2.73. The molecule has 0 bridgehead atoms. The van der Waals surface area contributed by atoms with Gasteiger partial charge < -0.3 is 5.32 Å². The zero-order valence-electron chi connectivity index (χ0n) is 11.0. The summed E-state index contributed by atoms with van der Waals surface area (Å²) in [6.07, 6.45) is 3.85. The molecule has 1 aromatic rings. The standard InChI is InChI=1S/C15H22FN/c1-10-5-4-6-15(12(10)3)17-13-7-8-14(16)11(2)9-13/h7-10,12,15,17H,4-6H2,1-3H3. The van der Waals surface area contributed by atoms with E-state index in [0.29, 0.717) is 17.5 Å². The van der Waals surface area contributed by atoms with E-state index >= 15 is 0 Å². The number of aryl methyl sites for hydroxylation is 1. The molecule has 0 radical (unpaired) electrons. The van der Waals surface area contributed by atoms with Crippen molar-refractivity contribution in [1.29, 1.82) is 0 Å². The Balaban J connectivity index is 2.07. The van der Waals surface area contributed by atoms with Crippen LogP contribution < -0.4 is 5.32 Å². The SMILES string of the molecule is Cc1cc(NC2CCCC(C)C2C)ccc1F. The van der Waals surface area contributed by atoms with E-state index in [1.807, 2.05) is 19.1 Å². The molecule has 0 heterocycles. The summed E-state index contributed by atoms with van der Waals surface area (Å²) in [5, 5.41) is 3.56. The minimum atomic E-state index is -0.124. The molecule has 3 unspecified atom stereocenters. The smallest absolute Gasteiger partial charge is 0.126 e. The van der Waals surface area contributed by atoms with Crippen LogP contribution >= 0.6 is 0 Å². The monoisotopic (exact) mass is 235 g/mol. The molecule has 2 heteroatoms. The average molecular weight is 235 g/mol. The zero-order valence-corrected chi connectivity index (χ0v) is 11.0. The van der Waals surface area contributed by atoms with Gasteiger partial charge in [0, 0.05) is 11.7 Å². The molecule has 0 amide bonds. The molecule has 2 rings (SSSR count). The fraction of sp³-hybridized carbons (Fsp3) is 0.600. The van der Waals surface area contributed by atoms with Crippen LogP contribution in [0.3, 0.4) is 0 Å². The number of nitrogens with one attached hydrogen (secondary N) is 1. The van der Waals surface area contributed by atoms with Gasteiger partial charge in [0.25, 0.3) is 0 Å². The molecule has 0 saturated heterocycles. The largest absolute Gasteiger partial charge is 0.382 e. The van der Waals surface area contributed by atoms with Crippen molar-refractivity contribution in [3.8, 4) is 0 Å². The first-order valence-electron chi connectivity index (χ1n) is 6.60. The van der Waals surface area contributed by atoms with Gasteiger partial charge in [-0.2, -0.15) is 0 Å². The molecule has 0 aromatic heterocycles. The van der Waals surface area contributed by atoms with Crippen LogP contribution in [0.15, 0.2) is 18.2 Å². The minimum Gasteiger partial charge on any atom is -0.382 e. The third-order valence-electron chi connectivity index (χ3n) is 4.22. The molecule has 0 spiro atoms. The molecule has 1 fully saturated rings. The number of anilines is 1. The lowest BCUT2D eigenvalue weighted by atomic mass is 9.78. The Kier molecular flexibility index (Phi) is 3.70. The van der Waals surface area contributed by atoms with E-state index in [1.165, 1.54) is 19.3 Å². The Morgan fingerprint density at radius 1 is 1.24 bits per heavy atom. The van der Waals surface area contributed by atoms with Gasteiger partial charge in [-0.25, -0.2) is 4.39 Å². The second-order valence-electron chi connectivity index (χ2n) is 5.48. The van der Waals surface area contributed by atoms with Crippen molar-refractivity contribution in [2.45, 2.75) is 46.1 Å². The van der Waals surface area contributed by atoms with E-state index in [4.69, 9.17) is 0 Å². The summed E-state index contributed by atoms with van der Waals surface area (Å²) in [6.45, 7) is 6.46. The van der Waals surface area contributed by atoms with Crippen molar-refractivity contribution in [1.82, 2.24) is 0 Å². The van der Waals surface area contributed by atoms with Crippen molar-refractivity contribution in [2.75, 3.05) is 5.32 Å². The highest BCUT2D eigenvalue weighted by Gasteiger charge is 2.26. The minimum absolute atomic E-state index is 0.124. The number of benzene rings is 1. The molecule has 1 nitrogen and oxygen atoms in total. The maximum absolute atomic E-state index is 13.2. The van der Waals surface area contributed by atoms with Crippen LogP contribution in [-0.4, -0.2) is 6.04 Å². The summed E-state index contributed by atoms with van der Waals surface area (Å²) >= 11 is 0. The summed E-state index contributed by atoms with van der Waals surface area (Å²) in [5.74, 6) is 1.34. The quantitative estimate of drug-likeness (QED) is 0.802. The van der Waals surface area contributed by atoms with Gasteiger partial charge in [0.15, 0.2) is 0 Å². The van der Waals surface area contributed by atoms with Crippen molar-refractivity contribution < 1.29 is 4.39 Å². The molecule has 94 valence electrons. The van der Waals surface area contributed by atoms with E-state index in [1.54, 1.807) is 6.07 Å². The van der Waals surface area contributed by atoms with Gasteiger partial charge in [0.1, 0.15) is 5.82 Å². The fourth-order valence-electron chi connectivity index (χ4n) is 2.73. The number of rotatable bonds is 2. The maximum Gasteiger partial charge on any atom is 0.126 e. The van der Waals surface area contributed by atoms with Gasteiger partial charge in [0.05, 0.1) is 0 Å². The zero-order chi connectivity index (χ0) is 12.4. The normalized spacial score (nSPS) is 29.1. The second-order valence-corrected chi connectivity index (χ2v) is 5.48. The molecule has 17 heavy (non-hydrogen) atoms. The lowest BCUT2D eigenvalue weighted by Gasteiger charge is -2.35. The van der Waals surface area contributed by atoms with Gasteiger partial charge in [-0.15, -0.1) is 0 Å². The van der Waals surface area contributed by atoms with Crippen molar-refractivity contribution >= 4 is 5.69 Å². The topological polar surface area (TPSA) is 12.0 Å². The predicted octanol–water partition coefficient (Wildman–Crippen LogP) is 4.37. The third-order valence-corrected chi connectivity index (χ3v) is 4.22. The lowest BCUT2D eigenvalue weighted by Crippen LogP contribution is -2.35. The number of halogens is 1. The van der Waals surface area contributed by atoms with Crippen LogP contribution in [-0.2, 0) is 0 Å². The van der Waals surface area contributed by atoms with Crippen molar-refractivity contribution in [2.24, 2.45) is 11.8 Å². The summed E-state index contributed by atoms with van der Waals surface area (Å²) in [6, 6.07) is 5.83. The molecule has 1 aliphatic carbocycles. The van der Waals surface area contributed by atoms with E-state index in [9.17, 15) is 4.39 Å². The molecule has 1 saturated carbocycles. The summed E-state index contributed by atoms with van der Waals surface area (Å²) in [5.41, 5.74) is 1.77. The first-order valence-corrected chi connectivity index (χ1v) is 6.60. The summed E-state index contributed by atoms with van der Waals surface area (Å²) in [7, 11) is 0. The molecule has 1 aromatic carbocycles. The molecular weight excluding hydrogens is 213 g/mol. The Morgan fingerprint density at radius 2 is 2.00 bits per heavy atom. The average Bonchev–Trinajstić information content (AvgIpc) is 2.30. The number of hydrogen-bond donors (Lipinski definition) is 1. The first-order chi connectivity index (χ1) is 8.08. The molecule has 0 aliphatic heterocycles. The highest BCUT2D eigenvalue weighted by molar-refractivity contribution is 5.46. The van der Waals surface area contributed by atoms with Gasteiger partial charge in [-0.3, -0.25) is 0 Å². The van der Waals surface area contributed by atoms with Crippen LogP contribution in [0.2, 0.25) is 0 Å². The van der Waals surface area contributed by atoms with Crippen LogP contribution in [0.4, 0.5) is 10.1 Å². The second kappa shape index (κ2) is 5.07. The summed E-state index contributed by atoms with van der Waals surface area (Å²) in [4.78, 5) is 0. The molecule has 1 N–H and O–H groups in total. The predicted molar refractivity (Wildman–Crippen MR) is 70.7 cm³/mol. The maximum atomic E-state index is 13.2. The van der Waals surface area contributed by atoms with Gasteiger partial charge in [-0.1, -0.05) is 26.7 Å². The summed E-state index contributed by atoms with van der Waals surface area (Å²) < 4.78 is 13.2. The lowest BCUT2D eigenvalue weighted by molar-refractivity contribution is 0.253. The molecular formula is C15H22FN. The van der Waals surface area contributed by atoms with E-state index in [-0.39, 0.29) is 5.82 Å². The third kappa shape index (κ3) is 2.80. The van der Waals surface area contributed by atoms with E-state index in [2.05, 4.69) is 19.2 Å². The van der Waals surface area contributed by atoms with Crippen LogP contribution in [0.25, 0.3) is 0 Å². The Hall–Kier alpha value is -1.05. The van der Waals surface area contributed by atoms with E-state index in [0.717, 1.165) is 11.6 Å². The number of hydrogen-bond acceptors (Lipinski definition) is 1.